The molecule has 5 nitrogen and oxygen atoms in total. The van der Waals surface area contributed by atoms with Gasteiger partial charge in [-0.25, -0.2) is 4.39 Å². The van der Waals surface area contributed by atoms with Gasteiger partial charge >= 0.3 is 0 Å². The zero-order valence-electron chi connectivity index (χ0n) is 15.9. The number of ether oxygens (including phenoxy) is 1. The van der Waals surface area contributed by atoms with Crippen LogP contribution >= 0.6 is 0 Å². The third-order valence-electron chi connectivity index (χ3n) is 5.05. The Bertz CT molecular complexity index is 795. The number of nitrogens with zero attached hydrogens (tertiary/aromatic N) is 1. The first-order valence-corrected chi connectivity index (χ1v) is 9.41. The van der Waals surface area contributed by atoms with E-state index in [0.717, 1.165) is 5.56 Å². The van der Waals surface area contributed by atoms with Gasteiger partial charge in [-0.3, -0.25) is 14.5 Å². The third kappa shape index (κ3) is 5.03. The van der Waals surface area contributed by atoms with Gasteiger partial charge in [-0.1, -0.05) is 30.3 Å². The minimum atomic E-state index is -0.461. The predicted octanol–water partition coefficient (Wildman–Crippen LogP) is 2.52. The Hall–Kier alpha value is -2.57. The van der Waals surface area contributed by atoms with Crippen LogP contribution in [-0.2, 0) is 16.1 Å². The molecule has 0 aliphatic carbocycles. The number of halogens is 1. The molecule has 6 heteroatoms. The van der Waals surface area contributed by atoms with E-state index >= 15 is 0 Å². The lowest BCUT2D eigenvalue weighted by Gasteiger charge is -2.17. The third-order valence-corrected chi connectivity index (χ3v) is 5.05. The number of nitrogens with one attached hydrogen (secondary N) is 1. The van der Waals surface area contributed by atoms with Crippen LogP contribution in [0.25, 0.3) is 0 Å². The molecule has 2 aromatic carbocycles. The van der Waals surface area contributed by atoms with E-state index in [2.05, 4.69) is 10.2 Å². The van der Waals surface area contributed by atoms with Gasteiger partial charge in [0.15, 0.2) is 5.78 Å². The molecule has 0 spiro atoms. The molecule has 1 fully saturated rings. The second kappa shape index (κ2) is 9.57. The Morgan fingerprint density at radius 3 is 2.43 bits per heavy atom. The molecule has 1 N–H and O–H groups in total. The minimum Gasteiger partial charge on any atom is -0.383 e. The van der Waals surface area contributed by atoms with Crippen molar-refractivity contribution in [1.82, 2.24) is 10.2 Å². The van der Waals surface area contributed by atoms with Crippen molar-refractivity contribution in [1.29, 1.82) is 0 Å². The summed E-state index contributed by atoms with van der Waals surface area (Å²) < 4.78 is 18.2. The topological polar surface area (TPSA) is 58.6 Å². The quantitative estimate of drug-likeness (QED) is 0.561. The normalized spacial score (nSPS) is 19.5. The Morgan fingerprint density at radius 1 is 1.07 bits per heavy atom. The first-order chi connectivity index (χ1) is 13.6. The van der Waals surface area contributed by atoms with E-state index < -0.39 is 11.8 Å². The van der Waals surface area contributed by atoms with Gasteiger partial charge in [0.1, 0.15) is 5.82 Å². The largest absolute Gasteiger partial charge is 0.383 e. The molecule has 1 aliphatic rings. The molecule has 3 rings (SSSR count). The van der Waals surface area contributed by atoms with Crippen LogP contribution in [0.4, 0.5) is 4.39 Å². The van der Waals surface area contributed by atoms with E-state index in [1.54, 1.807) is 7.11 Å². The van der Waals surface area contributed by atoms with Gasteiger partial charge in [0, 0.05) is 44.8 Å². The fraction of sp³-hybridized carbons (Fsp3) is 0.364. The molecule has 0 unspecified atom stereocenters. The van der Waals surface area contributed by atoms with Crippen LogP contribution in [0, 0.1) is 17.7 Å². The summed E-state index contributed by atoms with van der Waals surface area (Å²) in [5, 5.41) is 2.85. The Morgan fingerprint density at radius 2 is 1.75 bits per heavy atom. The highest BCUT2D eigenvalue weighted by molar-refractivity contribution is 6.01. The summed E-state index contributed by atoms with van der Waals surface area (Å²) in [6, 6.07) is 15.5. The van der Waals surface area contributed by atoms with E-state index in [9.17, 15) is 14.0 Å². The summed E-state index contributed by atoms with van der Waals surface area (Å²) in [4.78, 5) is 27.9. The Balaban J connectivity index is 1.75. The predicted molar refractivity (Wildman–Crippen MR) is 104 cm³/mol. The molecular formula is C22H25FN2O3. The number of benzene rings is 2. The van der Waals surface area contributed by atoms with Crippen molar-refractivity contribution in [3.05, 3.63) is 71.5 Å². The summed E-state index contributed by atoms with van der Waals surface area (Å²) in [7, 11) is 1.57. The van der Waals surface area contributed by atoms with Crippen molar-refractivity contribution < 1.29 is 18.7 Å². The molecule has 28 heavy (non-hydrogen) atoms. The molecule has 1 saturated heterocycles. The number of hydrogen-bond acceptors (Lipinski definition) is 4. The smallest absolute Gasteiger partial charge is 0.225 e. The van der Waals surface area contributed by atoms with Gasteiger partial charge in [-0.05, 0) is 29.8 Å². The van der Waals surface area contributed by atoms with Gasteiger partial charge in [-0.2, -0.15) is 0 Å². The number of Topliss-reactive ketones (excluding diaryl/α,β-unsaturated/α-hetero) is 1. The van der Waals surface area contributed by atoms with E-state index in [1.807, 2.05) is 30.3 Å². The number of methoxy groups -OCH3 is 1. The maximum absolute atomic E-state index is 13.2. The molecule has 0 radical (unpaired) electrons. The zero-order chi connectivity index (χ0) is 19.9. The van der Waals surface area contributed by atoms with Crippen molar-refractivity contribution in [3.8, 4) is 0 Å². The monoisotopic (exact) mass is 384 g/mol. The van der Waals surface area contributed by atoms with Crippen molar-refractivity contribution in [2.24, 2.45) is 11.8 Å². The molecule has 0 saturated carbocycles. The van der Waals surface area contributed by atoms with Gasteiger partial charge in [-0.15, -0.1) is 0 Å². The van der Waals surface area contributed by atoms with E-state index in [4.69, 9.17) is 4.74 Å². The number of ketones is 1. The van der Waals surface area contributed by atoms with Crippen LogP contribution in [0.2, 0.25) is 0 Å². The first kappa shape index (κ1) is 20.2. The van der Waals surface area contributed by atoms with Crippen molar-refractivity contribution in [2.45, 2.75) is 6.54 Å². The Labute approximate surface area is 164 Å². The van der Waals surface area contributed by atoms with Crippen molar-refractivity contribution >= 4 is 11.7 Å². The molecule has 0 bridgehead atoms. The van der Waals surface area contributed by atoms with Gasteiger partial charge < -0.3 is 10.1 Å². The van der Waals surface area contributed by atoms with Crippen LogP contribution in [-0.4, -0.2) is 49.9 Å². The number of hydrogen-bond donors (Lipinski definition) is 1. The number of rotatable bonds is 8. The van der Waals surface area contributed by atoms with Crippen LogP contribution in [0.3, 0.4) is 0 Å². The van der Waals surface area contributed by atoms with Crippen molar-refractivity contribution in [3.63, 3.8) is 0 Å². The molecule has 2 atom stereocenters. The molecule has 0 aromatic heterocycles. The SMILES string of the molecule is COCCNC(=O)[C@@H]1CN(Cc2ccccc2)C[C@H]1C(=O)c1ccc(F)cc1. The molecular weight excluding hydrogens is 359 g/mol. The number of amides is 1. The summed E-state index contributed by atoms with van der Waals surface area (Å²) in [6.07, 6.45) is 0. The van der Waals surface area contributed by atoms with Crippen LogP contribution in [0.1, 0.15) is 15.9 Å². The summed E-state index contributed by atoms with van der Waals surface area (Å²) in [5.41, 5.74) is 1.57. The number of likely N-dealkylation sites (tertiary alicyclic amines) is 1. The average Bonchev–Trinajstić information content (AvgIpc) is 3.13. The van der Waals surface area contributed by atoms with Crippen LogP contribution in [0.15, 0.2) is 54.6 Å². The maximum atomic E-state index is 13.2. The molecule has 1 aliphatic heterocycles. The zero-order valence-corrected chi connectivity index (χ0v) is 15.9. The summed E-state index contributed by atoms with van der Waals surface area (Å²) >= 11 is 0. The fourth-order valence-corrected chi connectivity index (χ4v) is 3.62. The number of carbonyl (C=O) groups is 2. The highest BCUT2D eigenvalue weighted by Crippen LogP contribution is 2.28. The van der Waals surface area contributed by atoms with Gasteiger partial charge in [0.25, 0.3) is 0 Å². The fourth-order valence-electron chi connectivity index (χ4n) is 3.62. The molecule has 2 aromatic rings. The lowest BCUT2D eigenvalue weighted by molar-refractivity contribution is -0.125. The molecule has 148 valence electrons. The first-order valence-electron chi connectivity index (χ1n) is 9.41. The lowest BCUT2D eigenvalue weighted by Crippen LogP contribution is -2.38. The summed E-state index contributed by atoms with van der Waals surface area (Å²) in [6.45, 7) is 2.50. The minimum absolute atomic E-state index is 0.123. The second-order valence-corrected chi connectivity index (χ2v) is 7.05. The van der Waals surface area contributed by atoms with Gasteiger partial charge in [0.05, 0.1) is 12.5 Å². The maximum Gasteiger partial charge on any atom is 0.225 e. The van der Waals surface area contributed by atoms with E-state index in [0.29, 0.717) is 38.3 Å². The van der Waals surface area contributed by atoms with Crippen LogP contribution < -0.4 is 5.32 Å². The molecule has 1 amide bonds. The second-order valence-electron chi connectivity index (χ2n) is 7.05. The average molecular weight is 384 g/mol. The van der Waals surface area contributed by atoms with Crippen molar-refractivity contribution in [2.75, 3.05) is 33.4 Å². The van der Waals surface area contributed by atoms with E-state index in [1.165, 1.54) is 24.3 Å². The highest BCUT2D eigenvalue weighted by Gasteiger charge is 2.41. The van der Waals surface area contributed by atoms with Gasteiger partial charge in [0.2, 0.25) is 5.91 Å². The van der Waals surface area contributed by atoms with Crippen LogP contribution in [0.5, 0.6) is 0 Å². The lowest BCUT2D eigenvalue weighted by atomic mass is 9.88. The standard InChI is InChI=1S/C22H25FN2O3/c1-28-12-11-24-22(27)20-15-25(13-16-5-3-2-4-6-16)14-19(20)21(26)17-7-9-18(23)10-8-17/h2-10,19-20H,11-15H2,1H3,(H,24,27)/t19-,20-/m1/s1. The number of carbonyl (C=O) groups excluding carboxylic acids is 2. The van der Waals surface area contributed by atoms with E-state index in [-0.39, 0.29) is 17.5 Å². The Kier molecular flexibility index (Phi) is 6.90. The summed E-state index contributed by atoms with van der Waals surface area (Å²) in [5.74, 6) is -1.56. The molecule has 1 heterocycles. The highest BCUT2D eigenvalue weighted by atomic mass is 19.1.